The van der Waals surface area contributed by atoms with Crippen LogP contribution in [-0.4, -0.2) is 31.1 Å². The summed E-state index contributed by atoms with van der Waals surface area (Å²) in [6, 6.07) is 9.00. The van der Waals surface area contributed by atoms with Crippen LogP contribution >= 0.6 is 11.3 Å². The number of ether oxygens (including phenoxy) is 1. The van der Waals surface area contributed by atoms with E-state index in [0.29, 0.717) is 38.2 Å². The summed E-state index contributed by atoms with van der Waals surface area (Å²) in [5.74, 6) is -0.159. The number of likely N-dealkylation sites (N-methyl/N-ethyl adjacent to an activating group) is 1. The minimum absolute atomic E-state index is 0.159. The van der Waals surface area contributed by atoms with Crippen LogP contribution in [0.4, 0.5) is 13.2 Å². The molecule has 26 heavy (non-hydrogen) atoms. The molecule has 3 nitrogen and oxygen atoms in total. The lowest BCUT2D eigenvalue weighted by Crippen LogP contribution is -2.48. The van der Waals surface area contributed by atoms with Gasteiger partial charge >= 0.3 is 6.18 Å². The van der Waals surface area contributed by atoms with Crippen LogP contribution in [0.15, 0.2) is 41.8 Å². The van der Waals surface area contributed by atoms with E-state index >= 15 is 0 Å². The Morgan fingerprint density at radius 2 is 1.96 bits per heavy atom. The number of nitrogens with zero attached hydrogens (tertiary/aromatic N) is 1. The van der Waals surface area contributed by atoms with Crippen LogP contribution < -0.4 is 0 Å². The summed E-state index contributed by atoms with van der Waals surface area (Å²) in [7, 11) is 1.70. The number of hydrogen-bond acceptors (Lipinski definition) is 3. The molecule has 0 bridgehead atoms. The first-order valence-electron chi connectivity index (χ1n) is 8.36. The number of thiophene rings is 1. The maximum absolute atomic E-state index is 13.3. The van der Waals surface area contributed by atoms with Gasteiger partial charge in [0.25, 0.3) is 0 Å². The summed E-state index contributed by atoms with van der Waals surface area (Å²) < 4.78 is 44.8. The van der Waals surface area contributed by atoms with Crippen molar-refractivity contribution < 1.29 is 22.7 Å². The Morgan fingerprint density at radius 3 is 2.58 bits per heavy atom. The van der Waals surface area contributed by atoms with Crippen LogP contribution in [0.2, 0.25) is 0 Å². The van der Waals surface area contributed by atoms with Gasteiger partial charge in [0, 0.05) is 25.1 Å². The van der Waals surface area contributed by atoms with Crippen LogP contribution in [0.1, 0.15) is 28.8 Å². The first-order valence-corrected chi connectivity index (χ1v) is 9.24. The van der Waals surface area contributed by atoms with Crippen LogP contribution in [0.5, 0.6) is 0 Å². The second-order valence-corrected chi connectivity index (χ2v) is 7.55. The second kappa shape index (κ2) is 7.40. The highest BCUT2D eigenvalue weighted by Gasteiger charge is 2.44. The SMILES string of the molecule is CN(Cc1cccs1)C(=O)C1(c2cccc(C(F)(F)F)c2)CCOCC1. The molecule has 0 aliphatic carbocycles. The van der Waals surface area contributed by atoms with Gasteiger partial charge in [0.15, 0.2) is 0 Å². The van der Waals surface area contributed by atoms with Crippen LogP contribution in [0, 0.1) is 0 Å². The van der Waals surface area contributed by atoms with Crippen LogP contribution in [0.3, 0.4) is 0 Å². The molecule has 0 atom stereocenters. The fourth-order valence-corrected chi connectivity index (χ4v) is 4.17. The van der Waals surface area contributed by atoms with E-state index in [2.05, 4.69) is 0 Å². The van der Waals surface area contributed by atoms with E-state index in [-0.39, 0.29) is 5.91 Å². The van der Waals surface area contributed by atoms with E-state index in [4.69, 9.17) is 4.74 Å². The molecule has 0 spiro atoms. The van der Waals surface area contributed by atoms with Gasteiger partial charge in [-0.05, 0) is 35.9 Å². The maximum atomic E-state index is 13.3. The Morgan fingerprint density at radius 1 is 1.23 bits per heavy atom. The third kappa shape index (κ3) is 3.78. The maximum Gasteiger partial charge on any atom is 0.416 e. The number of rotatable bonds is 4. The molecule has 1 aliphatic rings. The van der Waals surface area contributed by atoms with Gasteiger partial charge in [-0.15, -0.1) is 11.3 Å². The Bertz CT molecular complexity index is 752. The Balaban J connectivity index is 1.95. The largest absolute Gasteiger partial charge is 0.416 e. The van der Waals surface area contributed by atoms with Crippen LogP contribution in [-0.2, 0) is 27.7 Å². The molecule has 3 rings (SSSR count). The van der Waals surface area contributed by atoms with E-state index in [1.165, 1.54) is 6.07 Å². The Labute approximate surface area is 154 Å². The molecule has 1 amide bonds. The van der Waals surface area contributed by atoms with Gasteiger partial charge in [0.2, 0.25) is 5.91 Å². The van der Waals surface area contributed by atoms with Crippen molar-refractivity contribution in [1.29, 1.82) is 0 Å². The molecule has 140 valence electrons. The molecular formula is C19H20F3NO2S. The van der Waals surface area contributed by atoms with Gasteiger partial charge in [-0.2, -0.15) is 13.2 Å². The van der Waals surface area contributed by atoms with Crippen molar-refractivity contribution in [1.82, 2.24) is 4.90 Å². The summed E-state index contributed by atoms with van der Waals surface area (Å²) in [6.07, 6.45) is -3.68. The third-order valence-electron chi connectivity index (χ3n) is 4.82. The highest BCUT2D eigenvalue weighted by molar-refractivity contribution is 7.09. The molecule has 1 fully saturated rings. The first kappa shape index (κ1) is 18.9. The van der Waals surface area contributed by atoms with Gasteiger partial charge in [0.05, 0.1) is 17.5 Å². The van der Waals surface area contributed by atoms with Crippen LogP contribution in [0.25, 0.3) is 0 Å². The van der Waals surface area contributed by atoms with Gasteiger partial charge in [-0.1, -0.05) is 24.3 Å². The fraction of sp³-hybridized carbons (Fsp3) is 0.421. The molecule has 0 saturated carbocycles. The molecule has 0 N–H and O–H groups in total. The molecule has 1 aliphatic heterocycles. The number of alkyl halides is 3. The van der Waals surface area contributed by atoms with Crippen molar-refractivity contribution in [3.63, 3.8) is 0 Å². The molecule has 0 radical (unpaired) electrons. The zero-order valence-electron chi connectivity index (χ0n) is 14.4. The topological polar surface area (TPSA) is 29.5 Å². The second-order valence-electron chi connectivity index (χ2n) is 6.51. The molecule has 2 heterocycles. The van der Waals surface area contributed by atoms with Gasteiger partial charge in [-0.3, -0.25) is 4.79 Å². The molecule has 1 aromatic carbocycles. The van der Waals surface area contributed by atoms with E-state index in [1.54, 1.807) is 29.4 Å². The van der Waals surface area contributed by atoms with Crippen molar-refractivity contribution in [2.24, 2.45) is 0 Å². The molecule has 0 unspecified atom stereocenters. The summed E-state index contributed by atoms with van der Waals surface area (Å²) in [5.41, 5.74) is -1.29. The highest BCUT2D eigenvalue weighted by Crippen LogP contribution is 2.39. The molecule has 2 aromatic rings. The number of amides is 1. The molecule has 1 saturated heterocycles. The van der Waals surface area contributed by atoms with Crippen molar-refractivity contribution in [2.45, 2.75) is 31.0 Å². The van der Waals surface area contributed by atoms with Crippen molar-refractivity contribution >= 4 is 17.2 Å². The smallest absolute Gasteiger partial charge is 0.381 e. The minimum atomic E-state index is -4.44. The highest BCUT2D eigenvalue weighted by atomic mass is 32.1. The molecular weight excluding hydrogens is 363 g/mol. The van der Waals surface area contributed by atoms with Crippen molar-refractivity contribution in [2.75, 3.05) is 20.3 Å². The average molecular weight is 383 g/mol. The van der Waals surface area contributed by atoms with Gasteiger partial charge in [-0.25, -0.2) is 0 Å². The summed E-state index contributed by atoms with van der Waals surface area (Å²) in [4.78, 5) is 15.9. The molecule has 1 aromatic heterocycles. The lowest BCUT2D eigenvalue weighted by Gasteiger charge is -2.39. The Hall–Kier alpha value is -1.86. The predicted molar refractivity (Wildman–Crippen MR) is 94.0 cm³/mol. The van der Waals surface area contributed by atoms with E-state index in [9.17, 15) is 18.0 Å². The summed E-state index contributed by atoms with van der Waals surface area (Å²) >= 11 is 1.55. The normalized spacial score (nSPS) is 17.1. The Kier molecular flexibility index (Phi) is 5.39. The quantitative estimate of drug-likeness (QED) is 0.779. The average Bonchev–Trinajstić information content (AvgIpc) is 3.14. The zero-order chi connectivity index (χ0) is 18.8. The first-order chi connectivity index (χ1) is 12.3. The number of benzene rings is 1. The fourth-order valence-electron chi connectivity index (χ4n) is 3.41. The standard InChI is InChI=1S/C19H20F3NO2S/c1-23(13-16-6-3-11-26-16)17(24)18(7-9-25-10-8-18)14-4-2-5-15(12-14)19(20,21)22/h2-6,11-12H,7-10,13H2,1H3. The van der Waals surface area contributed by atoms with E-state index in [0.717, 1.165) is 17.0 Å². The lowest BCUT2D eigenvalue weighted by atomic mass is 9.72. The zero-order valence-corrected chi connectivity index (χ0v) is 15.2. The van der Waals surface area contributed by atoms with Crippen molar-refractivity contribution in [3.05, 3.63) is 57.8 Å². The number of hydrogen-bond donors (Lipinski definition) is 0. The monoisotopic (exact) mass is 383 g/mol. The summed E-state index contributed by atoms with van der Waals surface area (Å²) in [6.45, 7) is 1.15. The van der Waals surface area contributed by atoms with Crippen molar-refractivity contribution in [3.8, 4) is 0 Å². The third-order valence-corrected chi connectivity index (χ3v) is 5.68. The lowest BCUT2D eigenvalue weighted by molar-refractivity contribution is -0.141. The van der Waals surface area contributed by atoms with Gasteiger partial charge in [0.1, 0.15) is 0 Å². The number of halogens is 3. The minimum Gasteiger partial charge on any atom is -0.381 e. The number of carbonyl (C=O) groups is 1. The number of carbonyl (C=O) groups excluding carboxylic acids is 1. The van der Waals surface area contributed by atoms with Gasteiger partial charge < -0.3 is 9.64 Å². The predicted octanol–water partition coefficient (Wildman–Crippen LogP) is 4.47. The molecule has 7 heteroatoms. The summed E-state index contributed by atoms with van der Waals surface area (Å²) in [5, 5.41) is 1.94. The van der Waals surface area contributed by atoms with E-state index in [1.807, 2.05) is 17.5 Å². The van der Waals surface area contributed by atoms with E-state index < -0.39 is 17.2 Å².